The third-order valence-electron chi connectivity index (χ3n) is 4.80. The number of alkyl halides is 3. The number of nitrogens with one attached hydrogen (secondary N) is 1. The first kappa shape index (κ1) is 20.3. The Hall–Kier alpha value is -2.45. The van der Waals surface area contributed by atoms with Crippen molar-refractivity contribution in [2.24, 2.45) is 11.8 Å². The van der Waals surface area contributed by atoms with Gasteiger partial charge in [0.1, 0.15) is 11.4 Å². The lowest BCUT2D eigenvalue weighted by atomic mass is 10.0. The second-order valence-corrected chi connectivity index (χ2v) is 8.17. The van der Waals surface area contributed by atoms with Crippen LogP contribution in [-0.4, -0.2) is 36.6 Å². The first-order chi connectivity index (χ1) is 12.9. The van der Waals surface area contributed by atoms with Crippen LogP contribution in [0.15, 0.2) is 24.3 Å². The molecular weight excluding hydrogens is 377 g/mol. The van der Waals surface area contributed by atoms with Crippen LogP contribution in [0.2, 0.25) is 0 Å². The number of hydrogen-bond donors (Lipinski definition) is 1. The van der Waals surface area contributed by atoms with Crippen LogP contribution in [0.4, 0.5) is 23.7 Å². The lowest BCUT2D eigenvalue weighted by Gasteiger charge is -2.23. The topological polar surface area (TPSA) is 67.9 Å². The van der Waals surface area contributed by atoms with Gasteiger partial charge in [-0.3, -0.25) is 4.79 Å². The van der Waals surface area contributed by atoms with Gasteiger partial charge in [-0.2, -0.15) is 0 Å². The standard InChI is InChI=1S/C19H23F3N2O4/c1-18(2,3)28-17(26)23-12-8-11-10-24(16(25)15(11)9-12)13-4-6-14(7-5-13)27-19(20,21)22/h4-7,11-12,15H,8-10H2,1-3H3,(H,23,26). The summed E-state index contributed by atoms with van der Waals surface area (Å²) in [6.45, 7) is 5.81. The number of anilines is 1. The summed E-state index contributed by atoms with van der Waals surface area (Å²) in [5.74, 6) is -0.544. The quantitative estimate of drug-likeness (QED) is 0.837. The van der Waals surface area contributed by atoms with E-state index in [1.807, 2.05) is 0 Å². The van der Waals surface area contributed by atoms with Gasteiger partial charge in [-0.15, -0.1) is 13.2 Å². The fraction of sp³-hybridized carbons (Fsp3) is 0.579. The van der Waals surface area contributed by atoms with E-state index in [9.17, 15) is 22.8 Å². The number of amides is 2. The molecule has 6 nitrogen and oxygen atoms in total. The molecule has 1 aromatic carbocycles. The van der Waals surface area contributed by atoms with E-state index < -0.39 is 18.1 Å². The number of fused-ring (bicyclic) bond motifs is 1. The molecule has 2 amide bonds. The van der Waals surface area contributed by atoms with Gasteiger partial charge in [0.15, 0.2) is 0 Å². The molecule has 0 radical (unpaired) electrons. The van der Waals surface area contributed by atoms with Crippen LogP contribution >= 0.6 is 0 Å². The SMILES string of the molecule is CC(C)(C)OC(=O)NC1CC2CN(c3ccc(OC(F)(F)F)cc3)C(=O)C2C1. The molecule has 2 fully saturated rings. The van der Waals surface area contributed by atoms with Gasteiger partial charge in [0, 0.05) is 24.2 Å². The third kappa shape index (κ3) is 4.88. The fourth-order valence-electron chi connectivity index (χ4n) is 3.81. The van der Waals surface area contributed by atoms with Crippen LogP contribution in [0, 0.1) is 11.8 Å². The summed E-state index contributed by atoms with van der Waals surface area (Å²) in [6.07, 6.45) is -4.07. The summed E-state index contributed by atoms with van der Waals surface area (Å²) in [5, 5.41) is 2.81. The van der Waals surface area contributed by atoms with Gasteiger partial charge in [0.25, 0.3) is 0 Å². The Balaban J connectivity index is 1.58. The number of nitrogens with zero attached hydrogens (tertiary/aromatic N) is 1. The van der Waals surface area contributed by atoms with Crippen molar-refractivity contribution in [3.05, 3.63) is 24.3 Å². The molecule has 9 heteroatoms. The van der Waals surface area contributed by atoms with Crippen LogP contribution in [0.3, 0.4) is 0 Å². The number of carbonyl (C=O) groups is 2. The van der Waals surface area contributed by atoms with Crippen LogP contribution in [0.1, 0.15) is 33.6 Å². The highest BCUT2D eigenvalue weighted by Crippen LogP contribution is 2.41. The molecule has 3 rings (SSSR count). The van der Waals surface area contributed by atoms with Crippen molar-refractivity contribution in [2.45, 2.75) is 51.6 Å². The Labute approximate surface area is 161 Å². The van der Waals surface area contributed by atoms with E-state index in [0.717, 1.165) is 0 Å². The second kappa shape index (κ2) is 7.18. The monoisotopic (exact) mass is 400 g/mol. The molecule has 1 aromatic rings. The summed E-state index contributed by atoms with van der Waals surface area (Å²) in [6, 6.07) is 5.14. The maximum atomic E-state index is 12.7. The van der Waals surface area contributed by atoms with Crippen molar-refractivity contribution in [1.82, 2.24) is 5.32 Å². The molecule has 1 aliphatic heterocycles. The van der Waals surface area contributed by atoms with E-state index in [0.29, 0.717) is 25.1 Å². The molecule has 1 heterocycles. The number of benzene rings is 1. The Morgan fingerprint density at radius 3 is 2.32 bits per heavy atom. The number of alkyl carbamates (subject to hydrolysis) is 1. The van der Waals surface area contributed by atoms with E-state index in [1.54, 1.807) is 25.7 Å². The largest absolute Gasteiger partial charge is 0.573 e. The number of ether oxygens (including phenoxy) is 2. The van der Waals surface area contributed by atoms with E-state index in [1.165, 1.54) is 24.3 Å². The average Bonchev–Trinajstić information content (AvgIpc) is 3.04. The molecule has 1 saturated heterocycles. The zero-order chi connectivity index (χ0) is 20.7. The normalized spacial score (nSPS) is 24.9. The predicted octanol–water partition coefficient (Wildman–Crippen LogP) is 3.85. The van der Waals surface area contributed by atoms with Crippen molar-refractivity contribution < 1.29 is 32.2 Å². The molecule has 0 aromatic heterocycles. The molecule has 0 spiro atoms. The van der Waals surface area contributed by atoms with Crippen LogP contribution < -0.4 is 15.0 Å². The summed E-state index contributed by atoms with van der Waals surface area (Å²) in [7, 11) is 0. The van der Waals surface area contributed by atoms with Crippen molar-refractivity contribution in [3.8, 4) is 5.75 Å². The molecule has 1 aliphatic carbocycles. The van der Waals surface area contributed by atoms with Gasteiger partial charge < -0.3 is 19.7 Å². The van der Waals surface area contributed by atoms with E-state index in [2.05, 4.69) is 10.1 Å². The van der Waals surface area contributed by atoms with Crippen LogP contribution in [-0.2, 0) is 9.53 Å². The zero-order valence-electron chi connectivity index (χ0n) is 15.9. The van der Waals surface area contributed by atoms with E-state index >= 15 is 0 Å². The predicted molar refractivity (Wildman–Crippen MR) is 94.8 cm³/mol. The maximum absolute atomic E-state index is 12.7. The first-order valence-electron chi connectivity index (χ1n) is 9.08. The molecule has 1 saturated carbocycles. The minimum absolute atomic E-state index is 0.0806. The lowest BCUT2D eigenvalue weighted by molar-refractivity contribution is -0.274. The minimum Gasteiger partial charge on any atom is -0.444 e. The molecule has 1 N–H and O–H groups in total. The molecule has 0 bridgehead atoms. The highest BCUT2D eigenvalue weighted by molar-refractivity contribution is 5.98. The van der Waals surface area contributed by atoms with Crippen LogP contribution in [0.5, 0.6) is 5.75 Å². The number of carbonyl (C=O) groups excluding carboxylic acids is 2. The van der Waals surface area contributed by atoms with Crippen LogP contribution in [0.25, 0.3) is 0 Å². The number of halogens is 3. The third-order valence-corrected chi connectivity index (χ3v) is 4.80. The second-order valence-electron chi connectivity index (χ2n) is 8.17. The van der Waals surface area contributed by atoms with Gasteiger partial charge in [0.05, 0.1) is 0 Å². The minimum atomic E-state index is -4.75. The highest BCUT2D eigenvalue weighted by Gasteiger charge is 2.47. The summed E-state index contributed by atoms with van der Waals surface area (Å²) >= 11 is 0. The van der Waals surface area contributed by atoms with Crippen molar-refractivity contribution in [2.75, 3.05) is 11.4 Å². The summed E-state index contributed by atoms with van der Waals surface area (Å²) < 4.78 is 45.9. The number of hydrogen-bond acceptors (Lipinski definition) is 4. The van der Waals surface area contributed by atoms with Gasteiger partial charge in [-0.1, -0.05) is 0 Å². The van der Waals surface area contributed by atoms with Gasteiger partial charge in [-0.25, -0.2) is 4.79 Å². The summed E-state index contributed by atoms with van der Waals surface area (Å²) in [5.41, 5.74) is -0.0572. The summed E-state index contributed by atoms with van der Waals surface area (Å²) in [4.78, 5) is 26.2. The van der Waals surface area contributed by atoms with Crippen molar-refractivity contribution in [3.63, 3.8) is 0 Å². The van der Waals surface area contributed by atoms with Crippen molar-refractivity contribution >= 4 is 17.7 Å². The highest BCUT2D eigenvalue weighted by atomic mass is 19.4. The Kier molecular flexibility index (Phi) is 5.20. The molecule has 2 aliphatic rings. The molecule has 28 heavy (non-hydrogen) atoms. The Morgan fingerprint density at radius 2 is 1.79 bits per heavy atom. The Morgan fingerprint density at radius 1 is 1.14 bits per heavy atom. The fourth-order valence-corrected chi connectivity index (χ4v) is 3.81. The smallest absolute Gasteiger partial charge is 0.444 e. The molecule has 3 atom stereocenters. The van der Waals surface area contributed by atoms with Gasteiger partial charge in [0.2, 0.25) is 5.91 Å². The van der Waals surface area contributed by atoms with Gasteiger partial charge >= 0.3 is 12.5 Å². The average molecular weight is 400 g/mol. The van der Waals surface area contributed by atoms with Gasteiger partial charge in [-0.05, 0) is 63.8 Å². The zero-order valence-corrected chi connectivity index (χ0v) is 15.9. The first-order valence-corrected chi connectivity index (χ1v) is 9.08. The molecular formula is C19H23F3N2O4. The Bertz CT molecular complexity index is 743. The van der Waals surface area contributed by atoms with E-state index in [4.69, 9.17) is 4.74 Å². The maximum Gasteiger partial charge on any atom is 0.573 e. The molecule has 3 unspecified atom stereocenters. The van der Waals surface area contributed by atoms with Crippen molar-refractivity contribution in [1.29, 1.82) is 0 Å². The molecule has 154 valence electrons. The number of rotatable bonds is 3. The lowest BCUT2D eigenvalue weighted by Crippen LogP contribution is -2.39. The van der Waals surface area contributed by atoms with E-state index in [-0.39, 0.29) is 29.5 Å².